The highest BCUT2D eigenvalue weighted by Crippen LogP contribution is 2.13. The van der Waals surface area contributed by atoms with Crippen molar-refractivity contribution in [2.45, 2.75) is 6.18 Å². The summed E-state index contributed by atoms with van der Waals surface area (Å²) in [5, 5.41) is 0. The Balaban J connectivity index is 2.30. The summed E-state index contributed by atoms with van der Waals surface area (Å²) in [5.41, 5.74) is 1.65. The van der Waals surface area contributed by atoms with Crippen molar-refractivity contribution < 1.29 is 22.8 Å². The van der Waals surface area contributed by atoms with E-state index in [2.05, 4.69) is 9.21 Å². The standard InChI is InChI=1S/C6H5F3N2O2S/c7-6(8,9)3-13-11-5(12)4-1-2-10-14-4/h1-2H,3H2,(H,11,12). The van der Waals surface area contributed by atoms with Crippen LogP contribution in [0.15, 0.2) is 12.3 Å². The summed E-state index contributed by atoms with van der Waals surface area (Å²) in [6, 6.07) is 1.37. The number of alkyl halides is 3. The third-order valence-electron chi connectivity index (χ3n) is 1.06. The number of nitrogens with one attached hydrogen (secondary N) is 1. The summed E-state index contributed by atoms with van der Waals surface area (Å²) in [7, 11) is 0. The maximum Gasteiger partial charge on any atom is 0.414 e. The van der Waals surface area contributed by atoms with Crippen LogP contribution in [0.2, 0.25) is 0 Å². The molecule has 0 fully saturated rings. The van der Waals surface area contributed by atoms with Crippen molar-refractivity contribution in [3.8, 4) is 0 Å². The van der Waals surface area contributed by atoms with Gasteiger partial charge in [0.15, 0.2) is 6.61 Å². The van der Waals surface area contributed by atoms with Gasteiger partial charge in [0.1, 0.15) is 4.88 Å². The average molecular weight is 226 g/mol. The van der Waals surface area contributed by atoms with Crippen molar-refractivity contribution in [3.63, 3.8) is 0 Å². The fourth-order valence-electron chi connectivity index (χ4n) is 0.567. The van der Waals surface area contributed by atoms with Crippen LogP contribution in [0.3, 0.4) is 0 Å². The molecule has 0 radical (unpaired) electrons. The fraction of sp³-hybridized carbons (Fsp3) is 0.333. The molecule has 0 saturated carbocycles. The van der Waals surface area contributed by atoms with Gasteiger partial charge in [-0.05, 0) is 17.6 Å². The van der Waals surface area contributed by atoms with Crippen LogP contribution in [0.25, 0.3) is 0 Å². The first-order chi connectivity index (χ1) is 6.49. The molecule has 0 aliphatic rings. The number of hydrogen-bond donors (Lipinski definition) is 1. The largest absolute Gasteiger partial charge is 0.414 e. The Labute approximate surface area is 80.8 Å². The van der Waals surface area contributed by atoms with E-state index in [1.54, 1.807) is 5.48 Å². The fourth-order valence-corrected chi connectivity index (χ4v) is 1.05. The minimum atomic E-state index is -4.46. The first-order valence-corrected chi connectivity index (χ1v) is 4.16. The molecular formula is C6H5F3N2O2S. The summed E-state index contributed by atoms with van der Waals surface area (Å²) in [5.74, 6) is -0.739. The highest BCUT2D eigenvalue weighted by molar-refractivity contribution is 7.08. The number of carbonyl (C=O) groups excluding carboxylic acids is 1. The van der Waals surface area contributed by atoms with Gasteiger partial charge >= 0.3 is 6.18 Å². The molecule has 14 heavy (non-hydrogen) atoms. The zero-order chi connectivity index (χ0) is 10.6. The van der Waals surface area contributed by atoms with Crippen molar-refractivity contribution in [3.05, 3.63) is 17.1 Å². The summed E-state index contributed by atoms with van der Waals surface area (Å²) in [4.78, 5) is 15.1. The van der Waals surface area contributed by atoms with Crippen molar-refractivity contribution in [2.24, 2.45) is 0 Å². The molecule has 1 aromatic rings. The molecule has 0 bridgehead atoms. The van der Waals surface area contributed by atoms with Crippen LogP contribution < -0.4 is 5.48 Å². The zero-order valence-corrected chi connectivity index (χ0v) is 7.48. The lowest BCUT2D eigenvalue weighted by atomic mass is 10.5. The molecule has 8 heteroatoms. The molecule has 1 heterocycles. The summed E-state index contributed by atoms with van der Waals surface area (Å²) in [6.45, 7) is -1.52. The number of nitrogens with zero attached hydrogens (tertiary/aromatic N) is 1. The molecule has 0 atom stereocenters. The van der Waals surface area contributed by atoms with E-state index in [1.165, 1.54) is 12.3 Å². The van der Waals surface area contributed by atoms with Crippen LogP contribution in [0.4, 0.5) is 13.2 Å². The number of rotatable bonds is 3. The van der Waals surface area contributed by atoms with E-state index < -0.39 is 18.7 Å². The van der Waals surface area contributed by atoms with Crippen molar-refractivity contribution in [1.82, 2.24) is 9.85 Å². The topological polar surface area (TPSA) is 51.2 Å². The van der Waals surface area contributed by atoms with E-state index in [4.69, 9.17) is 0 Å². The monoisotopic (exact) mass is 226 g/mol. The number of hydroxylamine groups is 1. The normalized spacial score (nSPS) is 11.4. The Bertz CT molecular complexity index is 299. The van der Waals surface area contributed by atoms with Gasteiger partial charge in [0.2, 0.25) is 0 Å². The van der Waals surface area contributed by atoms with Crippen LogP contribution in [-0.2, 0) is 4.84 Å². The summed E-state index contributed by atoms with van der Waals surface area (Å²) < 4.78 is 38.3. The van der Waals surface area contributed by atoms with E-state index in [0.717, 1.165) is 11.5 Å². The lowest BCUT2D eigenvalue weighted by molar-refractivity contribution is -0.184. The lowest BCUT2D eigenvalue weighted by Crippen LogP contribution is -2.29. The van der Waals surface area contributed by atoms with Gasteiger partial charge in [-0.3, -0.25) is 9.63 Å². The number of carbonyl (C=O) groups is 1. The smallest absolute Gasteiger partial charge is 0.266 e. The van der Waals surface area contributed by atoms with Crippen molar-refractivity contribution in [2.75, 3.05) is 6.61 Å². The number of aromatic nitrogens is 1. The van der Waals surface area contributed by atoms with E-state index >= 15 is 0 Å². The second-order valence-electron chi connectivity index (χ2n) is 2.21. The van der Waals surface area contributed by atoms with Gasteiger partial charge < -0.3 is 0 Å². The van der Waals surface area contributed by atoms with Crippen LogP contribution in [0.5, 0.6) is 0 Å². The predicted molar refractivity (Wildman–Crippen MR) is 41.6 cm³/mol. The molecule has 4 nitrogen and oxygen atoms in total. The summed E-state index contributed by atoms with van der Waals surface area (Å²) >= 11 is 0.866. The minimum Gasteiger partial charge on any atom is -0.266 e. The first kappa shape index (κ1) is 10.9. The van der Waals surface area contributed by atoms with E-state index in [0.29, 0.717) is 0 Å². The maximum absolute atomic E-state index is 11.6. The van der Waals surface area contributed by atoms with E-state index in [-0.39, 0.29) is 4.88 Å². The van der Waals surface area contributed by atoms with Gasteiger partial charge in [-0.25, -0.2) is 9.85 Å². The zero-order valence-electron chi connectivity index (χ0n) is 6.67. The molecule has 1 amide bonds. The van der Waals surface area contributed by atoms with Crippen molar-refractivity contribution in [1.29, 1.82) is 0 Å². The highest BCUT2D eigenvalue weighted by atomic mass is 32.1. The number of halogens is 3. The predicted octanol–water partition coefficient (Wildman–Crippen LogP) is 1.37. The quantitative estimate of drug-likeness (QED) is 0.792. The number of amides is 1. The van der Waals surface area contributed by atoms with Crippen LogP contribution in [0.1, 0.15) is 9.67 Å². The minimum absolute atomic E-state index is 0.187. The molecule has 0 spiro atoms. The highest BCUT2D eigenvalue weighted by Gasteiger charge is 2.28. The molecule has 0 saturated heterocycles. The summed E-state index contributed by atoms with van der Waals surface area (Å²) in [6.07, 6.45) is -3.09. The van der Waals surface area contributed by atoms with Gasteiger partial charge in [0.25, 0.3) is 5.91 Å². The Morgan fingerprint density at radius 2 is 2.36 bits per heavy atom. The Morgan fingerprint density at radius 3 is 2.86 bits per heavy atom. The lowest BCUT2D eigenvalue weighted by Gasteiger charge is -2.06. The van der Waals surface area contributed by atoms with Crippen LogP contribution >= 0.6 is 11.5 Å². The molecule has 0 aromatic carbocycles. The molecular weight excluding hydrogens is 221 g/mol. The van der Waals surface area contributed by atoms with Gasteiger partial charge in [-0.15, -0.1) is 0 Å². The SMILES string of the molecule is O=C(NOCC(F)(F)F)c1ccns1. The molecule has 0 unspecified atom stereocenters. The molecule has 1 N–H and O–H groups in total. The van der Waals surface area contributed by atoms with Gasteiger partial charge in [-0.2, -0.15) is 13.2 Å². The maximum atomic E-state index is 11.6. The van der Waals surface area contributed by atoms with Gasteiger partial charge in [-0.1, -0.05) is 0 Å². The van der Waals surface area contributed by atoms with Crippen LogP contribution in [-0.4, -0.2) is 23.1 Å². The third kappa shape index (κ3) is 3.71. The third-order valence-corrected chi connectivity index (χ3v) is 1.81. The van der Waals surface area contributed by atoms with E-state index in [1.807, 2.05) is 0 Å². The van der Waals surface area contributed by atoms with Gasteiger partial charge in [0.05, 0.1) is 0 Å². The number of hydrogen-bond acceptors (Lipinski definition) is 4. The molecule has 78 valence electrons. The van der Waals surface area contributed by atoms with Gasteiger partial charge in [0, 0.05) is 6.20 Å². The molecule has 0 aliphatic heterocycles. The average Bonchev–Trinajstić information content (AvgIpc) is 2.53. The second-order valence-corrected chi connectivity index (χ2v) is 3.04. The van der Waals surface area contributed by atoms with E-state index in [9.17, 15) is 18.0 Å². The molecule has 1 aromatic heterocycles. The van der Waals surface area contributed by atoms with Crippen LogP contribution in [0, 0.1) is 0 Å². The Hall–Kier alpha value is -1.15. The van der Waals surface area contributed by atoms with Crippen molar-refractivity contribution >= 4 is 17.4 Å². The molecule has 0 aliphatic carbocycles. The Kier molecular flexibility index (Phi) is 3.42. The Morgan fingerprint density at radius 1 is 1.64 bits per heavy atom. The second kappa shape index (κ2) is 4.38. The molecule has 1 rings (SSSR count). The first-order valence-electron chi connectivity index (χ1n) is 3.38.